The third-order valence-electron chi connectivity index (χ3n) is 7.15. The Morgan fingerprint density at radius 2 is 1.16 bits per heavy atom. The van der Waals surface area contributed by atoms with Crippen LogP contribution in [-0.4, -0.2) is 48.8 Å². The van der Waals surface area contributed by atoms with Gasteiger partial charge >= 0.3 is 0 Å². The summed E-state index contributed by atoms with van der Waals surface area (Å²) in [6, 6.07) is 31.5. The van der Waals surface area contributed by atoms with Crippen LogP contribution in [0.2, 0.25) is 0 Å². The van der Waals surface area contributed by atoms with Crippen LogP contribution in [0.15, 0.2) is 95.7 Å². The largest absolute Gasteiger partial charge is 0.348 e. The van der Waals surface area contributed by atoms with Crippen molar-refractivity contribution in [2.75, 3.05) is 6.61 Å². The molecule has 6 rings (SSSR count). The number of rotatable bonds is 5. The van der Waals surface area contributed by atoms with Gasteiger partial charge in [0.2, 0.25) is 0 Å². The van der Waals surface area contributed by atoms with Gasteiger partial charge in [0.25, 0.3) is 0 Å². The quantitative estimate of drug-likeness (QED) is 0.463. The molecule has 0 bridgehead atoms. The van der Waals surface area contributed by atoms with Crippen LogP contribution in [0.4, 0.5) is 0 Å². The van der Waals surface area contributed by atoms with Crippen molar-refractivity contribution in [3.8, 4) is 0 Å². The van der Waals surface area contributed by atoms with E-state index in [2.05, 4.69) is 72.8 Å². The average molecular weight is 520 g/mol. The first-order chi connectivity index (χ1) is 17.8. The van der Waals surface area contributed by atoms with E-state index in [-0.39, 0.29) is 24.4 Å². The van der Waals surface area contributed by atoms with Crippen LogP contribution in [-0.2, 0) is 23.7 Å². The molecule has 0 spiro atoms. The first-order valence-electron chi connectivity index (χ1n) is 12.9. The van der Waals surface area contributed by atoms with Gasteiger partial charge in [-0.25, -0.2) is 0 Å². The molecule has 7 heteroatoms. The summed E-state index contributed by atoms with van der Waals surface area (Å²) in [7, 11) is -2.49. The van der Waals surface area contributed by atoms with Crippen LogP contribution >= 0.6 is 7.05 Å². The van der Waals surface area contributed by atoms with E-state index < -0.39 is 24.9 Å². The smallest absolute Gasteiger partial charge is 0.189 e. The van der Waals surface area contributed by atoms with Crippen LogP contribution in [0.25, 0.3) is 0 Å². The number of hydrogen-bond acceptors (Lipinski definition) is 6. The topological polar surface area (TPSA) is 58.5 Å². The van der Waals surface area contributed by atoms with Gasteiger partial charge in [0.15, 0.2) is 17.9 Å². The fourth-order valence-corrected chi connectivity index (χ4v) is 9.38. The SMILES string of the molecule is CC1(C)O[C@H]2O[C@@H]([C@H]3COC(C)(C)O3)[C@H](N=P(c3ccccc3)(c3ccccc3)c3ccccc3)[C@H]2O1. The van der Waals surface area contributed by atoms with E-state index in [1.54, 1.807) is 0 Å². The van der Waals surface area contributed by atoms with Gasteiger partial charge in [-0.05, 0) is 27.7 Å². The zero-order valence-electron chi connectivity index (χ0n) is 21.7. The molecule has 3 heterocycles. The number of nitrogens with zero attached hydrogens (tertiary/aromatic N) is 1. The lowest BCUT2D eigenvalue weighted by Crippen LogP contribution is -2.42. The van der Waals surface area contributed by atoms with Crippen LogP contribution in [0.5, 0.6) is 0 Å². The Hall–Kier alpha value is -2.31. The number of hydrogen-bond donors (Lipinski definition) is 0. The van der Waals surface area contributed by atoms with E-state index >= 15 is 0 Å². The molecule has 3 fully saturated rings. The van der Waals surface area contributed by atoms with Crippen molar-refractivity contribution in [3.63, 3.8) is 0 Å². The maximum atomic E-state index is 6.54. The molecule has 3 aromatic rings. The van der Waals surface area contributed by atoms with Crippen LogP contribution in [0, 0.1) is 0 Å². The first kappa shape index (κ1) is 25.0. The second-order valence-electron chi connectivity index (χ2n) is 10.7. The van der Waals surface area contributed by atoms with E-state index in [1.807, 2.05) is 45.9 Å². The van der Waals surface area contributed by atoms with Gasteiger partial charge in [0, 0.05) is 15.9 Å². The molecule has 0 radical (unpaired) electrons. The summed E-state index contributed by atoms with van der Waals surface area (Å²) in [4.78, 5) is 0. The van der Waals surface area contributed by atoms with E-state index in [0.29, 0.717) is 6.61 Å². The van der Waals surface area contributed by atoms with Crippen molar-refractivity contribution in [1.82, 2.24) is 0 Å². The molecule has 0 amide bonds. The van der Waals surface area contributed by atoms with E-state index in [4.69, 9.17) is 28.4 Å². The molecule has 0 N–H and O–H groups in total. The summed E-state index contributed by atoms with van der Waals surface area (Å²) in [5, 5.41) is 3.53. The summed E-state index contributed by atoms with van der Waals surface area (Å²) in [6.07, 6.45) is -1.54. The highest BCUT2D eigenvalue weighted by atomic mass is 31.2. The maximum Gasteiger partial charge on any atom is 0.189 e. The summed E-state index contributed by atoms with van der Waals surface area (Å²) < 4.78 is 37.3. The molecule has 5 atom stereocenters. The molecule has 0 aromatic heterocycles. The Labute approximate surface area is 218 Å². The molecule has 0 aliphatic carbocycles. The monoisotopic (exact) mass is 519 g/mol. The van der Waals surface area contributed by atoms with Crippen LogP contribution < -0.4 is 15.9 Å². The highest BCUT2D eigenvalue weighted by molar-refractivity contribution is 7.87. The summed E-state index contributed by atoms with van der Waals surface area (Å²) in [6.45, 7) is 8.14. The minimum absolute atomic E-state index is 0.283. The van der Waals surface area contributed by atoms with Gasteiger partial charge in [0.05, 0.1) is 13.7 Å². The molecular weight excluding hydrogens is 485 g/mol. The first-order valence-corrected chi connectivity index (χ1v) is 14.6. The van der Waals surface area contributed by atoms with E-state index in [0.717, 1.165) is 0 Å². The maximum absolute atomic E-state index is 6.54. The van der Waals surface area contributed by atoms with E-state index in [1.165, 1.54) is 15.9 Å². The van der Waals surface area contributed by atoms with Crippen molar-refractivity contribution in [2.45, 2.75) is 69.9 Å². The van der Waals surface area contributed by atoms with Crippen molar-refractivity contribution < 1.29 is 23.7 Å². The van der Waals surface area contributed by atoms with Crippen molar-refractivity contribution in [2.24, 2.45) is 4.74 Å². The third-order valence-corrected chi connectivity index (χ3v) is 10.9. The fourth-order valence-electron chi connectivity index (χ4n) is 5.61. The van der Waals surface area contributed by atoms with Gasteiger partial charge in [-0.1, -0.05) is 91.0 Å². The normalized spacial score (nSPS) is 30.2. The third kappa shape index (κ3) is 4.61. The molecule has 194 valence electrons. The second-order valence-corrected chi connectivity index (χ2v) is 13.7. The Morgan fingerprint density at radius 1 is 0.649 bits per heavy atom. The minimum Gasteiger partial charge on any atom is -0.348 e. The van der Waals surface area contributed by atoms with Crippen molar-refractivity contribution in [1.29, 1.82) is 0 Å². The molecule has 3 aliphatic heterocycles. The lowest BCUT2D eigenvalue weighted by atomic mass is 10.0. The van der Waals surface area contributed by atoms with Gasteiger partial charge in [-0.3, -0.25) is 4.74 Å². The lowest BCUT2D eigenvalue weighted by Gasteiger charge is -2.32. The summed E-state index contributed by atoms with van der Waals surface area (Å²) in [5.74, 6) is -1.44. The molecule has 0 saturated carbocycles. The molecular formula is C30H34NO5P. The average Bonchev–Trinajstić information content (AvgIpc) is 3.52. The minimum atomic E-state index is -2.49. The fraction of sp³-hybridized carbons (Fsp3) is 0.400. The van der Waals surface area contributed by atoms with Crippen molar-refractivity contribution >= 4 is 23.0 Å². The second kappa shape index (κ2) is 9.46. The zero-order valence-corrected chi connectivity index (χ0v) is 22.6. The summed E-state index contributed by atoms with van der Waals surface area (Å²) in [5.41, 5.74) is 0. The number of ether oxygens (including phenoxy) is 5. The molecule has 3 aliphatic rings. The molecule has 37 heavy (non-hydrogen) atoms. The lowest BCUT2D eigenvalue weighted by molar-refractivity contribution is -0.222. The molecule has 3 saturated heterocycles. The highest BCUT2D eigenvalue weighted by Crippen LogP contribution is 2.51. The Kier molecular flexibility index (Phi) is 6.39. The van der Waals surface area contributed by atoms with Gasteiger partial charge in [-0.2, -0.15) is 0 Å². The Bertz CT molecular complexity index is 1180. The molecule has 0 unspecified atom stereocenters. The van der Waals surface area contributed by atoms with Crippen LogP contribution in [0.3, 0.4) is 0 Å². The number of fused-ring (bicyclic) bond motifs is 1. The number of benzene rings is 3. The Balaban J connectivity index is 1.59. The predicted molar refractivity (Wildman–Crippen MR) is 145 cm³/mol. The van der Waals surface area contributed by atoms with Crippen molar-refractivity contribution in [3.05, 3.63) is 91.0 Å². The van der Waals surface area contributed by atoms with Gasteiger partial charge in [-0.15, -0.1) is 0 Å². The summed E-state index contributed by atoms with van der Waals surface area (Å²) >= 11 is 0. The molecule has 6 nitrogen and oxygen atoms in total. The van der Waals surface area contributed by atoms with E-state index in [9.17, 15) is 0 Å². The standard InChI is InChI=1S/C30H34NO5P/c1-29(2)32-20-24(34-29)26-25(27-28(33-26)36-30(3,4)35-27)31-37(21-14-8-5-9-15-21,22-16-10-6-11-17-22)23-18-12-7-13-19-23/h5-19,24-28H,20H2,1-4H3/t24-,25+,26+,27-,28-/m1/s1. The highest BCUT2D eigenvalue weighted by Gasteiger charge is 2.59. The van der Waals surface area contributed by atoms with Crippen LogP contribution in [0.1, 0.15) is 27.7 Å². The Morgan fingerprint density at radius 3 is 1.62 bits per heavy atom. The zero-order chi connectivity index (χ0) is 25.7. The predicted octanol–water partition coefficient (Wildman–Crippen LogP) is 4.56. The van der Waals surface area contributed by atoms with Gasteiger partial charge < -0.3 is 23.7 Å². The molecule has 3 aromatic carbocycles. The van der Waals surface area contributed by atoms with Gasteiger partial charge in [0.1, 0.15) is 24.4 Å².